The summed E-state index contributed by atoms with van der Waals surface area (Å²) in [4.78, 5) is 25.8. The first-order valence-corrected chi connectivity index (χ1v) is 25.3. The molecule has 0 spiro atoms. The van der Waals surface area contributed by atoms with Crippen molar-refractivity contribution < 1.29 is 28.5 Å². The van der Waals surface area contributed by atoms with Crippen molar-refractivity contribution in [1.82, 2.24) is 0 Å². The molecule has 0 atom stereocenters. The highest BCUT2D eigenvalue weighted by atomic mass is 16.6. The number of Topliss-reactive ketones (excluding diaryl/α,β-unsaturated/α-hetero) is 2. The molecule has 0 aromatic heterocycles. The quantitative estimate of drug-likeness (QED) is 0.0484. The normalized spacial score (nSPS) is 13.4. The fourth-order valence-corrected chi connectivity index (χ4v) is 8.30. The van der Waals surface area contributed by atoms with Crippen LogP contribution in [0.25, 0.3) is 0 Å². The molecule has 1 aromatic carbocycles. The Morgan fingerprint density at radius 1 is 0.379 bits per heavy atom. The molecule has 0 saturated heterocycles. The minimum absolute atomic E-state index is 0.00750. The summed E-state index contributed by atoms with van der Waals surface area (Å²) in [7, 11) is 0. The summed E-state index contributed by atoms with van der Waals surface area (Å²) in [6.45, 7) is 11.4. The molecule has 1 saturated carbocycles. The lowest BCUT2D eigenvalue weighted by Crippen LogP contribution is -2.22. The van der Waals surface area contributed by atoms with Crippen molar-refractivity contribution in [3.05, 3.63) is 11.6 Å². The van der Waals surface area contributed by atoms with E-state index in [1.54, 1.807) is 0 Å². The standard InChI is InChI=1S/C52H92O6/c1-5-9-13-17-21-25-29-33-37-55-49-44-48(45-41-46(53)43-47(54)42-45)50(56-38-34-30-26-22-18-14-10-6-2)52(58-40-36-32-28-24-20-16-12-8-4)51(49)57-39-35-31-27-23-19-15-11-7-3/h44-45H,5-43H2,1-4H3. The van der Waals surface area contributed by atoms with Crippen LogP contribution in [0, 0.1) is 0 Å². The number of ether oxygens (including phenoxy) is 4. The van der Waals surface area contributed by atoms with E-state index in [9.17, 15) is 9.59 Å². The lowest BCUT2D eigenvalue weighted by Gasteiger charge is -2.27. The molecule has 6 nitrogen and oxygen atoms in total. The summed E-state index contributed by atoms with van der Waals surface area (Å²) < 4.78 is 27.0. The molecule has 0 aliphatic heterocycles. The van der Waals surface area contributed by atoms with E-state index in [0.29, 0.717) is 62.3 Å². The number of hydrogen-bond acceptors (Lipinski definition) is 6. The fraction of sp³-hybridized carbons (Fsp3) is 0.846. The zero-order valence-electron chi connectivity index (χ0n) is 38.7. The predicted octanol–water partition coefficient (Wildman–Crippen LogP) is 16.2. The van der Waals surface area contributed by atoms with Gasteiger partial charge < -0.3 is 18.9 Å². The van der Waals surface area contributed by atoms with Crippen LogP contribution in [-0.4, -0.2) is 38.0 Å². The van der Waals surface area contributed by atoms with Gasteiger partial charge in [0, 0.05) is 24.3 Å². The van der Waals surface area contributed by atoms with Gasteiger partial charge in [-0.1, -0.05) is 207 Å². The van der Waals surface area contributed by atoms with Crippen LogP contribution in [0.5, 0.6) is 23.0 Å². The SMILES string of the molecule is CCCCCCCCCCOc1cc(C2CC(=O)CC(=O)C2)c(OCCCCCCCCCC)c(OCCCCCCCCCC)c1OCCCCCCCCCC. The first-order valence-electron chi connectivity index (χ1n) is 25.3. The van der Waals surface area contributed by atoms with Crippen LogP contribution in [0.15, 0.2) is 6.07 Å². The third-order valence-electron chi connectivity index (χ3n) is 12.0. The van der Waals surface area contributed by atoms with E-state index in [1.165, 1.54) is 154 Å². The molecule has 1 aliphatic carbocycles. The summed E-state index contributed by atoms with van der Waals surface area (Å²) in [5.74, 6) is 2.37. The molecule has 1 fully saturated rings. The van der Waals surface area contributed by atoms with Gasteiger partial charge in [-0.25, -0.2) is 0 Å². The van der Waals surface area contributed by atoms with E-state index in [2.05, 4.69) is 33.8 Å². The van der Waals surface area contributed by atoms with E-state index in [-0.39, 0.29) is 23.9 Å². The van der Waals surface area contributed by atoms with Crippen LogP contribution >= 0.6 is 0 Å². The molecule has 0 N–H and O–H groups in total. The van der Waals surface area contributed by atoms with Crippen LogP contribution in [-0.2, 0) is 9.59 Å². The Hall–Kier alpha value is -2.24. The lowest BCUT2D eigenvalue weighted by atomic mass is 9.82. The molecule has 58 heavy (non-hydrogen) atoms. The average Bonchev–Trinajstić information content (AvgIpc) is 3.21. The van der Waals surface area contributed by atoms with Gasteiger partial charge in [0.25, 0.3) is 0 Å². The number of hydrogen-bond donors (Lipinski definition) is 0. The Labute approximate surface area is 358 Å². The van der Waals surface area contributed by atoms with Crippen LogP contribution in [0.2, 0.25) is 0 Å². The Bertz CT molecular complexity index is 1130. The highest BCUT2D eigenvalue weighted by molar-refractivity contribution is 6.02. The van der Waals surface area contributed by atoms with Gasteiger partial charge in [-0.3, -0.25) is 9.59 Å². The zero-order chi connectivity index (χ0) is 41.7. The van der Waals surface area contributed by atoms with Crippen molar-refractivity contribution in [1.29, 1.82) is 0 Å². The van der Waals surface area contributed by atoms with Gasteiger partial charge in [-0.05, 0) is 31.7 Å². The second kappa shape index (κ2) is 36.6. The number of ketones is 2. The van der Waals surface area contributed by atoms with E-state index in [1.807, 2.05) is 0 Å². The molecule has 0 bridgehead atoms. The fourth-order valence-electron chi connectivity index (χ4n) is 8.30. The minimum atomic E-state index is -0.250. The summed E-state index contributed by atoms with van der Waals surface area (Å²) >= 11 is 0. The van der Waals surface area contributed by atoms with Crippen molar-refractivity contribution >= 4 is 11.6 Å². The molecule has 1 aromatic rings. The summed E-state index contributed by atoms with van der Waals surface area (Å²) in [6.07, 6.45) is 40.1. The van der Waals surface area contributed by atoms with Crippen LogP contribution < -0.4 is 18.9 Å². The van der Waals surface area contributed by atoms with Gasteiger partial charge in [0.2, 0.25) is 11.5 Å². The topological polar surface area (TPSA) is 71.1 Å². The molecule has 0 heterocycles. The molecule has 0 radical (unpaired) electrons. The first kappa shape index (κ1) is 51.9. The predicted molar refractivity (Wildman–Crippen MR) is 245 cm³/mol. The number of carbonyl (C=O) groups excluding carboxylic acids is 2. The van der Waals surface area contributed by atoms with Crippen molar-refractivity contribution in [3.8, 4) is 23.0 Å². The highest BCUT2D eigenvalue weighted by Gasteiger charge is 2.33. The Morgan fingerprint density at radius 3 is 1.03 bits per heavy atom. The van der Waals surface area contributed by atoms with E-state index >= 15 is 0 Å². The second-order valence-corrected chi connectivity index (χ2v) is 17.6. The van der Waals surface area contributed by atoms with Crippen LogP contribution in [0.3, 0.4) is 0 Å². The number of rotatable bonds is 41. The molecule has 1 aliphatic rings. The number of carbonyl (C=O) groups is 2. The van der Waals surface area contributed by atoms with Crippen molar-refractivity contribution in [2.45, 2.75) is 258 Å². The molecular weight excluding hydrogens is 721 g/mol. The van der Waals surface area contributed by atoms with Gasteiger partial charge in [-0.15, -0.1) is 0 Å². The Balaban J connectivity index is 2.35. The van der Waals surface area contributed by atoms with E-state index in [0.717, 1.165) is 56.9 Å². The zero-order valence-corrected chi connectivity index (χ0v) is 38.7. The second-order valence-electron chi connectivity index (χ2n) is 17.6. The molecule has 336 valence electrons. The number of unbranched alkanes of at least 4 members (excludes halogenated alkanes) is 28. The van der Waals surface area contributed by atoms with E-state index < -0.39 is 0 Å². The first-order chi connectivity index (χ1) is 28.5. The van der Waals surface area contributed by atoms with Crippen LogP contribution in [0.4, 0.5) is 0 Å². The maximum atomic E-state index is 12.9. The minimum Gasteiger partial charge on any atom is -0.490 e. The maximum absolute atomic E-state index is 12.9. The van der Waals surface area contributed by atoms with Gasteiger partial charge in [0.15, 0.2) is 11.5 Å². The van der Waals surface area contributed by atoms with E-state index in [4.69, 9.17) is 18.9 Å². The molecular formula is C52H92O6. The number of benzene rings is 1. The lowest BCUT2D eigenvalue weighted by molar-refractivity contribution is -0.130. The van der Waals surface area contributed by atoms with Crippen LogP contribution in [0.1, 0.15) is 264 Å². The molecule has 6 heteroatoms. The third kappa shape index (κ3) is 24.7. The summed E-state index contributed by atoms with van der Waals surface area (Å²) in [6, 6.07) is 2.05. The van der Waals surface area contributed by atoms with Gasteiger partial charge in [0.1, 0.15) is 11.6 Å². The highest BCUT2D eigenvalue weighted by Crippen LogP contribution is 2.51. The largest absolute Gasteiger partial charge is 0.490 e. The van der Waals surface area contributed by atoms with Gasteiger partial charge >= 0.3 is 0 Å². The average molecular weight is 813 g/mol. The Kier molecular flexibility index (Phi) is 32.7. The van der Waals surface area contributed by atoms with Gasteiger partial charge in [0.05, 0.1) is 32.8 Å². The Morgan fingerprint density at radius 2 is 0.672 bits per heavy atom. The summed E-state index contributed by atoms with van der Waals surface area (Å²) in [5, 5.41) is 0. The summed E-state index contributed by atoms with van der Waals surface area (Å²) in [5.41, 5.74) is 0.872. The molecule has 0 amide bonds. The van der Waals surface area contributed by atoms with Crippen molar-refractivity contribution in [3.63, 3.8) is 0 Å². The smallest absolute Gasteiger partial charge is 0.207 e. The third-order valence-corrected chi connectivity index (χ3v) is 12.0. The molecule has 0 unspecified atom stereocenters. The monoisotopic (exact) mass is 813 g/mol. The maximum Gasteiger partial charge on any atom is 0.207 e. The van der Waals surface area contributed by atoms with Crippen molar-refractivity contribution in [2.24, 2.45) is 0 Å². The van der Waals surface area contributed by atoms with Gasteiger partial charge in [-0.2, -0.15) is 0 Å². The molecule has 2 rings (SSSR count). The van der Waals surface area contributed by atoms with Crippen molar-refractivity contribution in [2.75, 3.05) is 26.4 Å².